The molecule has 1 aliphatic rings. The Morgan fingerprint density at radius 2 is 2.22 bits per heavy atom. The summed E-state index contributed by atoms with van der Waals surface area (Å²) in [6, 6.07) is 0. The summed E-state index contributed by atoms with van der Waals surface area (Å²) in [5.74, 6) is 1.54. The smallest absolute Gasteiger partial charge is 0.193 e. The summed E-state index contributed by atoms with van der Waals surface area (Å²) in [5, 5.41) is 8.14. The Kier molecular flexibility index (Phi) is 6.45. The summed E-state index contributed by atoms with van der Waals surface area (Å²) >= 11 is 0. The molecule has 1 aromatic rings. The average molecular weight is 321 g/mol. The van der Waals surface area contributed by atoms with Crippen LogP contribution in [-0.4, -0.2) is 54.5 Å². The van der Waals surface area contributed by atoms with Crippen molar-refractivity contribution in [2.45, 2.75) is 39.7 Å². The van der Waals surface area contributed by atoms with Gasteiger partial charge in [0.15, 0.2) is 5.96 Å². The van der Waals surface area contributed by atoms with Crippen LogP contribution >= 0.6 is 0 Å². The number of hydrogen-bond acceptors (Lipinski definition) is 3. The molecule has 1 fully saturated rings. The molecule has 0 spiro atoms. The van der Waals surface area contributed by atoms with Gasteiger partial charge in [0.05, 0.1) is 12.3 Å². The van der Waals surface area contributed by atoms with E-state index in [1.165, 1.54) is 17.0 Å². The van der Waals surface area contributed by atoms with Gasteiger partial charge in [0.25, 0.3) is 0 Å². The maximum Gasteiger partial charge on any atom is 0.193 e. The normalized spacial score (nSPS) is 18.5. The second-order valence-electron chi connectivity index (χ2n) is 6.21. The minimum atomic E-state index is 0.606. The number of aliphatic imine (C=N–C) groups is 1. The van der Waals surface area contributed by atoms with E-state index in [2.05, 4.69) is 41.2 Å². The van der Waals surface area contributed by atoms with Crippen molar-refractivity contribution in [3.63, 3.8) is 0 Å². The van der Waals surface area contributed by atoms with Gasteiger partial charge >= 0.3 is 0 Å². The number of guanidine groups is 1. The lowest BCUT2D eigenvalue weighted by atomic mass is 10.1. The Morgan fingerprint density at radius 1 is 1.43 bits per heavy atom. The highest BCUT2D eigenvalue weighted by Gasteiger charge is 2.20. The van der Waals surface area contributed by atoms with Gasteiger partial charge in [0.1, 0.15) is 0 Å². The molecule has 0 bridgehead atoms. The van der Waals surface area contributed by atoms with Gasteiger partial charge in [-0.2, -0.15) is 5.10 Å². The second-order valence-corrected chi connectivity index (χ2v) is 6.21. The van der Waals surface area contributed by atoms with Crippen LogP contribution in [0.15, 0.2) is 4.99 Å². The average Bonchev–Trinajstić information content (AvgIpc) is 3.15. The monoisotopic (exact) mass is 321 g/mol. The Hall–Kier alpha value is -1.56. The molecule has 1 unspecified atom stereocenters. The highest BCUT2D eigenvalue weighted by atomic mass is 16.5. The molecule has 1 atom stereocenters. The van der Waals surface area contributed by atoms with Crippen molar-refractivity contribution in [1.29, 1.82) is 0 Å². The molecule has 0 saturated carbocycles. The van der Waals surface area contributed by atoms with Crippen molar-refractivity contribution in [2.75, 3.05) is 33.9 Å². The van der Waals surface area contributed by atoms with Gasteiger partial charge in [-0.1, -0.05) is 13.8 Å². The summed E-state index contributed by atoms with van der Waals surface area (Å²) in [6.45, 7) is 7.85. The number of nitrogens with zero attached hydrogens (tertiary/aromatic N) is 4. The maximum absolute atomic E-state index is 5.47. The lowest BCUT2D eigenvalue weighted by molar-refractivity contribution is 0.181. The van der Waals surface area contributed by atoms with Crippen LogP contribution in [-0.2, 0) is 31.2 Å². The van der Waals surface area contributed by atoms with Crippen LogP contribution in [0, 0.1) is 5.92 Å². The Labute approximate surface area is 139 Å². The van der Waals surface area contributed by atoms with Crippen molar-refractivity contribution in [3.8, 4) is 0 Å². The zero-order chi connectivity index (χ0) is 16.8. The molecule has 6 heteroatoms. The largest absolute Gasteiger partial charge is 0.381 e. The van der Waals surface area contributed by atoms with Gasteiger partial charge in [-0.05, 0) is 19.3 Å². The van der Waals surface area contributed by atoms with E-state index < -0.39 is 0 Å². The number of nitrogens with one attached hydrogen (secondary N) is 1. The molecule has 0 amide bonds. The summed E-state index contributed by atoms with van der Waals surface area (Å²) in [7, 11) is 5.97. The minimum absolute atomic E-state index is 0.606. The number of rotatable bonds is 6. The number of aromatic nitrogens is 2. The summed E-state index contributed by atoms with van der Waals surface area (Å²) in [5.41, 5.74) is 3.80. The highest BCUT2D eigenvalue weighted by Crippen LogP contribution is 2.16. The molecule has 1 aliphatic heterocycles. The zero-order valence-corrected chi connectivity index (χ0v) is 15.2. The van der Waals surface area contributed by atoms with Crippen LogP contribution in [0.5, 0.6) is 0 Å². The molecule has 2 rings (SSSR count). The first kappa shape index (κ1) is 17.8. The van der Waals surface area contributed by atoms with E-state index in [4.69, 9.17) is 4.74 Å². The van der Waals surface area contributed by atoms with E-state index >= 15 is 0 Å². The molecule has 2 heterocycles. The van der Waals surface area contributed by atoms with Gasteiger partial charge in [-0.3, -0.25) is 9.67 Å². The fourth-order valence-electron chi connectivity index (χ4n) is 3.35. The molecular weight excluding hydrogens is 290 g/mol. The maximum atomic E-state index is 5.47. The molecule has 0 radical (unpaired) electrons. The molecular formula is C17H31N5O. The summed E-state index contributed by atoms with van der Waals surface area (Å²) < 4.78 is 7.48. The molecule has 6 nitrogen and oxygen atoms in total. The van der Waals surface area contributed by atoms with E-state index in [1.54, 1.807) is 0 Å². The Bertz CT molecular complexity index is 531. The van der Waals surface area contributed by atoms with Gasteiger partial charge in [0, 0.05) is 58.0 Å². The number of ether oxygens (including phenoxy) is 1. The summed E-state index contributed by atoms with van der Waals surface area (Å²) in [4.78, 5) is 6.63. The van der Waals surface area contributed by atoms with E-state index in [1.807, 2.05) is 18.8 Å². The van der Waals surface area contributed by atoms with Gasteiger partial charge in [-0.25, -0.2) is 0 Å². The van der Waals surface area contributed by atoms with Crippen molar-refractivity contribution in [1.82, 2.24) is 20.0 Å². The second kappa shape index (κ2) is 8.34. The minimum Gasteiger partial charge on any atom is -0.381 e. The van der Waals surface area contributed by atoms with Crippen LogP contribution in [0.1, 0.15) is 37.2 Å². The zero-order valence-electron chi connectivity index (χ0n) is 15.2. The van der Waals surface area contributed by atoms with E-state index in [0.29, 0.717) is 5.92 Å². The van der Waals surface area contributed by atoms with Crippen LogP contribution in [0.4, 0.5) is 0 Å². The lowest BCUT2D eigenvalue weighted by Gasteiger charge is -2.24. The van der Waals surface area contributed by atoms with Crippen molar-refractivity contribution < 1.29 is 4.74 Å². The predicted molar refractivity (Wildman–Crippen MR) is 93.7 cm³/mol. The topological polar surface area (TPSA) is 54.7 Å². The van der Waals surface area contributed by atoms with E-state index in [-0.39, 0.29) is 0 Å². The molecule has 0 aromatic carbocycles. The van der Waals surface area contributed by atoms with Crippen molar-refractivity contribution in [2.24, 2.45) is 18.0 Å². The van der Waals surface area contributed by atoms with E-state index in [9.17, 15) is 0 Å². The molecule has 1 N–H and O–H groups in total. The molecule has 1 aromatic heterocycles. The van der Waals surface area contributed by atoms with Crippen LogP contribution in [0.3, 0.4) is 0 Å². The third-order valence-corrected chi connectivity index (χ3v) is 4.58. The van der Waals surface area contributed by atoms with Crippen LogP contribution in [0.2, 0.25) is 0 Å². The van der Waals surface area contributed by atoms with Gasteiger partial charge in [0.2, 0.25) is 0 Å². The first-order valence-corrected chi connectivity index (χ1v) is 8.63. The van der Waals surface area contributed by atoms with Crippen molar-refractivity contribution in [3.05, 3.63) is 17.0 Å². The third kappa shape index (κ3) is 4.25. The molecule has 130 valence electrons. The van der Waals surface area contributed by atoms with E-state index in [0.717, 1.165) is 51.5 Å². The Balaban J connectivity index is 2.00. The number of aryl methyl sites for hydroxylation is 2. The SMILES string of the molecule is CCc1nn(C)c(CC)c1CNC(=NC)N(C)CC1CCOC1. The standard InChI is InChI=1S/C17H31N5O/c1-6-15-14(16(7-2)22(5)20-15)10-19-17(18-3)21(4)11-13-8-9-23-12-13/h13H,6-12H2,1-5H3,(H,18,19). The molecule has 23 heavy (non-hydrogen) atoms. The molecule has 0 aliphatic carbocycles. The van der Waals surface area contributed by atoms with Gasteiger partial charge < -0.3 is 15.0 Å². The third-order valence-electron chi connectivity index (χ3n) is 4.58. The lowest BCUT2D eigenvalue weighted by Crippen LogP contribution is -2.41. The quantitative estimate of drug-likeness (QED) is 0.638. The fourth-order valence-corrected chi connectivity index (χ4v) is 3.35. The first-order valence-electron chi connectivity index (χ1n) is 8.63. The number of hydrogen-bond donors (Lipinski definition) is 1. The first-order chi connectivity index (χ1) is 11.1. The van der Waals surface area contributed by atoms with Crippen LogP contribution in [0.25, 0.3) is 0 Å². The van der Waals surface area contributed by atoms with Gasteiger partial charge in [-0.15, -0.1) is 0 Å². The summed E-state index contributed by atoms with van der Waals surface area (Å²) in [6.07, 6.45) is 3.09. The van der Waals surface area contributed by atoms with Crippen molar-refractivity contribution >= 4 is 5.96 Å². The highest BCUT2D eigenvalue weighted by molar-refractivity contribution is 5.79. The fraction of sp³-hybridized carbons (Fsp3) is 0.765. The van der Waals surface area contributed by atoms with Crippen LogP contribution < -0.4 is 5.32 Å². The molecule has 1 saturated heterocycles. The predicted octanol–water partition coefficient (Wildman–Crippen LogP) is 1.59. The Morgan fingerprint density at radius 3 is 2.78 bits per heavy atom.